The lowest BCUT2D eigenvalue weighted by molar-refractivity contribution is -0.135. The van der Waals surface area contributed by atoms with Gasteiger partial charge in [-0.1, -0.05) is 39.3 Å². The number of carbonyl (C=O) groups excluding carboxylic acids is 3. The van der Waals surface area contributed by atoms with Crippen molar-refractivity contribution in [1.29, 1.82) is 0 Å². The highest BCUT2D eigenvalue weighted by molar-refractivity contribution is 6.09. The van der Waals surface area contributed by atoms with Crippen LogP contribution >= 0.6 is 0 Å². The molecular formula is C24H35N3O4. The van der Waals surface area contributed by atoms with E-state index in [9.17, 15) is 14.4 Å². The number of urea groups is 1. The second-order valence-electron chi connectivity index (χ2n) is 9.63. The zero-order valence-electron chi connectivity index (χ0n) is 19.3. The fourth-order valence-corrected chi connectivity index (χ4v) is 4.69. The van der Waals surface area contributed by atoms with Crippen molar-refractivity contribution in [2.24, 2.45) is 11.3 Å². The number of hydrogen-bond donors (Lipinski definition) is 2. The number of methoxy groups -OCH3 is 1. The van der Waals surface area contributed by atoms with Crippen molar-refractivity contribution in [3.05, 3.63) is 29.8 Å². The van der Waals surface area contributed by atoms with Crippen molar-refractivity contribution >= 4 is 17.8 Å². The third kappa shape index (κ3) is 4.70. The third-order valence-electron chi connectivity index (χ3n) is 7.35. The zero-order chi connectivity index (χ0) is 22.8. The van der Waals surface area contributed by atoms with Crippen LogP contribution in [0.5, 0.6) is 5.75 Å². The molecule has 4 amide bonds. The fraction of sp³-hybridized carbons (Fsp3) is 0.625. The van der Waals surface area contributed by atoms with Crippen LogP contribution in [0.25, 0.3) is 0 Å². The van der Waals surface area contributed by atoms with Crippen molar-refractivity contribution in [3.63, 3.8) is 0 Å². The summed E-state index contributed by atoms with van der Waals surface area (Å²) in [6.45, 7) is 8.24. The summed E-state index contributed by atoms with van der Waals surface area (Å²) in [6, 6.07) is 6.53. The van der Waals surface area contributed by atoms with E-state index in [1.807, 2.05) is 0 Å². The third-order valence-corrected chi connectivity index (χ3v) is 7.35. The first kappa shape index (κ1) is 23.1. The molecule has 170 valence electrons. The topological polar surface area (TPSA) is 87.7 Å². The zero-order valence-corrected chi connectivity index (χ0v) is 19.3. The van der Waals surface area contributed by atoms with Crippen LogP contribution in [0.3, 0.4) is 0 Å². The number of ether oxygens (including phenoxy) is 1. The molecule has 0 unspecified atom stereocenters. The summed E-state index contributed by atoms with van der Waals surface area (Å²) in [5.74, 6) is 0.617. The second kappa shape index (κ2) is 8.89. The van der Waals surface area contributed by atoms with Gasteiger partial charge in [-0.3, -0.25) is 14.5 Å². The Hall–Kier alpha value is -2.57. The van der Waals surface area contributed by atoms with Gasteiger partial charge in [-0.2, -0.15) is 0 Å². The molecule has 1 aliphatic carbocycles. The number of nitrogens with zero attached hydrogens (tertiary/aromatic N) is 1. The lowest BCUT2D eigenvalue weighted by Gasteiger charge is -2.39. The fourth-order valence-electron chi connectivity index (χ4n) is 4.69. The average molecular weight is 430 g/mol. The van der Waals surface area contributed by atoms with Crippen molar-refractivity contribution < 1.29 is 19.1 Å². The van der Waals surface area contributed by atoms with E-state index in [-0.39, 0.29) is 18.5 Å². The monoisotopic (exact) mass is 429 g/mol. The van der Waals surface area contributed by atoms with Crippen LogP contribution in [0.1, 0.15) is 65.4 Å². The van der Waals surface area contributed by atoms with Gasteiger partial charge < -0.3 is 15.4 Å². The number of hydrogen-bond acceptors (Lipinski definition) is 4. The maximum atomic E-state index is 13.0. The van der Waals surface area contributed by atoms with Crippen LogP contribution in [0.4, 0.5) is 4.79 Å². The van der Waals surface area contributed by atoms with E-state index in [0.29, 0.717) is 22.6 Å². The number of nitrogens with one attached hydrogen (secondary N) is 2. The Kier molecular flexibility index (Phi) is 6.62. The van der Waals surface area contributed by atoms with Crippen LogP contribution in [0.2, 0.25) is 0 Å². The molecule has 1 aromatic rings. The van der Waals surface area contributed by atoms with E-state index in [4.69, 9.17) is 4.74 Å². The molecule has 0 radical (unpaired) electrons. The van der Waals surface area contributed by atoms with Crippen molar-refractivity contribution in [2.75, 3.05) is 13.7 Å². The summed E-state index contributed by atoms with van der Waals surface area (Å²) < 4.78 is 5.15. The van der Waals surface area contributed by atoms with Gasteiger partial charge in [-0.05, 0) is 61.6 Å². The first-order chi connectivity index (χ1) is 14.6. The van der Waals surface area contributed by atoms with E-state index >= 15 is 0 Å². The molecule has 1 atom stereocenters. The first-order valence-corrected chi connectivity index (χ1v) is 11.2. The van der Waals surface area contributed by atoms with E-state index in [1.165, 1.54) is 0 Å². The predicted octanol–water partition coefficient (Wildman–Crippen LogP) is 3.57. The van der Waals surface area contributed by atoms with Gasteiger partial charge in [0.2, 0.25) is 5.91 Å². The minimum atomic E-state index is -1.20. The Labute approximate surface area is 184 Å². The smallest absolute Gasteiger partial charge is 0.325 e. The van der Waals surface area contributed by atoms with Gasteiger partial charge in [0.05, 0.1) is 7.11 Å². The minimum absolute atomic E-state index is 0.102. The summed E-state index contributed by atoms with van der Waals surface area (Å²) in [5, 5.41) is 5.77. The highest BCUT2D eigenvalue weighted by Crippen LogP contribution is 2.40. The van der Waals surface area contributed by atoms with Gasteiger partial charge in [0.15, 0.2) is 0 Å². The van der Waals surface area contributed by atoms with Gasteiger partial charge >= 0.3 is 6.03 Å². The predicted molar refractivity (Wildman–Crippen MR) is 119 cm³/mol. The number of amides is 4. The van der Waals surface area contributed by atoms with Crippen LogP contribution < -0.4 is 15.4 Å². The molecule has 1 aliphatic heterocycles. The summed E-state index contributed by atoms with van der Waals surface area (Å²) >= 11 is 0. The molecule has 2 N–H and O–H groups in total. The average Bonchev–Trinajstić information content (AvgIpc) is 2.98. The quantitative estimate of drug-likeness (QED) is 0.649. The molecular weight excluding hydrogens is 394 g/mol. The van der Waals surface area contributed by atoms with Crippen molar-refractivity contribution in [1.82, 2.24) is 15.5 Å². The molecule has 1 saturated heterocycles. The van der Waals surface area contributed by atoms with E-state index in [2.05, 4.69) is 31.4 Å². The molecule has 2 fully saturated rings. The maximum Gasteiger partial charge on any atom is 0.325 e. The normalized spacial score (nSPS) is 26.5. The Balaban J connectivity index is 1.58. The Morgan fingerprint density at radius 3 is 2.35 bits per heavy atom. The Morgan fingerprint density at radius 2 is 1.81 bits per heavy atom. The van der Waals surface area contributed by atoms with Crippen LogP contribution in [-0.4, -0.2) is 42.4 Å². The molecule has 2 aliphatic rings. The summed E-state index contributed by atoms with van der Waals surface area (Å²) in [6.07, 6.45) is 5.19. The Bertz CT molecular complexity index is 828. The Morgan fingerprint density at radius 1 is 1.19 bits per heavy atom. The highest BCUT2D eigenvalue weighted by Gasteiger charge is 2.49. The van der Waals surface area contributed by atoms with Crippen LogP contribution in [0.15, 0.2) is 24.3 Å². The largest absolute Gasteiger partial charge is 0.497 e. The number of benzene rings is 1. The van der Waals surface area contributed by atoms with Gasteiger partial charge in [-0.15, -0.1) is 0 Å². The lowest BCUT2D eigenvalue weighted by Crippen LogP contribution is -2.46. The molecule has 1 aromatic carbocycles. The van der Waals surface area contributed by atoms with Gasteiger partial charge in [0, 0.05) is 6.04 Å². The number of rotatable bonds is 7. The molecule has 1 heterocycles. The van der Waals surface area contributed by atoms with Crippen LogP contribution in [0, 0.1) is 11.3 Å². The summed E-state index contributed by atoms with van der Waals surface area (Å²) in [7, 11) is 1.57. The first-order valence-electron chi connectivity index (χ1n) is 11.2. The van der Waals surface area contributed by atoms with Crippen LogP contribution in [-0.2, 0) is 15.1 Å². The number of carbonyl (C=O) groups is 3. The highest BCUT2D eigenvalue weighted by atomic mass is 16.5. The van der Waals surface area contributed by atoms with Gasteiger partial charge in [-0.25, -0.2) is 4.79 Å². The summed E-state index contributed by atoms with van der Waals surface area (Å²) in [5.41, 5.74) is -0.236. The molecule has 3 rings (SSSR count). The van der Waals surface area contributed by atoms with E-state index < -0.39 is 17.5 Å². The van der Waals surface area contributed by atoms with E-state index in [0.717, 1.165) is 37.0 Å². The summed E-state index contributed by atoms with van der Waals surface area (Å²) in [4.78, 5) is 39.2. The second-order valence-corrected chi connectivity index (χ2v) is 9.63. The molecule has 0 spiro atoms. The molecule has 7 nitrogen and oxygen atoms in total. The minimum Gasteiger partial charge on any atom is -0.497 e. The molecule has 1 saturated carbocycles. The van der Waals surface area contributed by atoms with Crippen molar-refractivity contribution in [2.45, 2.75) is 71.4 Å². The lowest BCUT2D eigenvalue weighted by atomic mass is 9.69. The molecule has 0 bridgehead atoms. The maximum absolute atomic E-state index is 13.0. The SMILES string of the molecule is CCC(C)(C)C1CCC(NC(=O)CN2C(=O)N[C@@](C)(c3ccc(OC)cc3)C2=O)CC1. The van der Waals surface area contributed by atoms with E-state index in [1.54, 1.807) is 38.3 Å². The number of imide groups is 1. The molecule has 7 heteroatoms. The standard InChI is InChI=1S/C24H35N3O4/c1-6-23(2,3)16-7-11-18(12-8-16)25-20(28)15-27-21(29)24(4,26-22(27)30)17-9-13-19(31-5)14-10-17/h9-10,13-14,16,18H,6-8,11-12,15H2,1-5H3,(H,25,28)(H,26,30)/t16?,18?,24-/m0/s1. The van der Waals surface area contributed by atoms with Gasteiger partial charge in [0.25, 0.3) is 5.91 Å². The van der Waals surface area contributed by atoms with Crippen molar-refractivity contribution in [3.8, 4) is 5.75 Å². The molecule has 0 aromatic heterocycles. The molecule has 31 heavy (non-hydrogen) atoms. The van der Waals surface area contributed by atoms with Gasteiger partial charge in [0.1, 0.15) is 17.8 Å².